The molecule has 0 spiro atoms. The first-order valence-electron chi connectivity index (χ1n) is 7.83. The van der Waals surface area contributed by atoms with Crippen molar-refractivity contribution in [3.8, 4) is 11.1 Å². The Kier molecular flexibility index (Phi) is 3.43. The van der Waals surface area contributed by atoms with Gasteiger partial charge in [0.2, 0.25) is 0 Å². The Bertz CT molecular complexity index is 884. The molecule has 0 fully saturated rings. The summed E-state index contributed by atoms with van der Waals surface area (Å²) in [6.07, 6.45) is 0. The predicted molar refractivity (Wildman–Crippen MR) is 106 cm³/mol. The van der Waals surface area contributed by atoms with Crippen molar-refractivity contribution in [3.63, 3.8) is 0 Å². The van der Waals surface area contributed by atoms with Gasteiger partial charge in [0.05, 0.1) is 0 Å². The van der Waals surface area contributed by atoms with E-state index >= 15 is 0 Å². The largest absolute Gasteiger partial charge is 0.356 e. The van der Waals surface area contributed by atoms with Crippen LogP contribution in [-0.4, -0.2) is 8.07 Å². The topological polar surface area (TPSA) is 12.0 Å². The second-order valence-corrected chi connectivity index (χ2v) is 11.7. The van der Waals surface area contributed by atoms with E-state index in [4.69, 9.17) is 0 Å². The lowest BCUT2D eigenvalue weighted by Crippen LogP contribution is -2.57. The molecule has 0 amide bonds. The molecule has 0 aromatic heterocycles. The first kappa shape index (κ1) is 14.7. The second kappa shape index (κ2) is 5.36. The second-order valence-electron chi connectivity index (χ2n) is 6.53. The normalized spacial score (nSPS) is 14.6. The van der Waals surface area contributed by atoms with Gasteiger partial charge in [-0.2, -0.15) is 0 Å². The quantitative estimate of drug-likeness (QED) is 0.586. The summed E-state index contributed by atoms with van der Waals surface area (Å²) in [5.41, 5.74) is 5.17. The SMILES string of the molecule is C[Si]1(C)c2ccccc2Nc2cccc(-c3ccc(Br)cc3)c21. The van der Waals surface area contributed by atoms with E-state index in [1.807, 2.05) is 0 Å². The molecule has 0 saturated heterocycles. The molecule has 0 aliphatic carbocycles. The Morgan fingerprint density at radius 1 is 0.783 bits per heavy atom. The Morgan fingerprint density at radius 2 is 1.48 bits per heavy atom. The molecule has 114 valence electrons. The molecule has 3 aromatic carbocycles. The minimum absolute atomic E-state index is 1.12. The molecular weight excluding hydrogens is 362 g/mol. The van der Waals surface area contributed by atoms with Crippen LogP contribution >= 0.6 is 15.9 Å². The monoisotopic (exact) mass is 379 g/mol. The molecule has 1 aliphatic heterocycles. The van der Waals surface area contributed by atoms with E-state index in [2.05, 4.69) is 101 Å². The van der Waals surface area contributed by atoms with Gasteiger partial charge in [-0.3, -0.25) is 0 Å². The first-order valence-corrected chi connectivity index (χ1v) is 11.6. The highest BCUT2D eigenvalue weighted by Crippen LogP contribution is 2.31. The molecule has 0 unspecified atom stereocenters. The molecule has 23 heavy (non-hydrogen) atoms. The molecule has 4 rings (SSSR count). The van der Waals surface area contributed by atoms with E-state index in [9.17, 15) is 0 Å². The number of rotatable bonds is 1. The highest BCUT2D eigenvalue weighted by Gasteiger charge is 2.36. The summed E-state index contributed by atoms with van der Waals surface area (Å²) >= 11 is 3.53. The highest BCUT2D eigenvalue weighted by molar-refractivity contribution is 9.10. The van der Waals surface area contributed by atoms with E-state index < -0.39 is 8.07 Å². The molecule has 0 atom stereocenters. The molecule has 1 aliphatic rings. The maximum Gasteiger partial charge on any atom is 0.118 e. The fourth-order valence-electron chi connectivity index (χ4n) is 3.62. The van der Waals surface area contributed by atoms with Crippen LogP contribution in [0.5, 0.6) is 0 Å². The van der Waals surface area contributed by atoms with E-state index in [0.717, 1.165) is 4.47 Å². The summed E-state index contributed by atoms with van der Waals surface area (Å²) < 4.78 is 1.12. The fraction of sp³-hybridized carbons (Fsp3) is 0.100. The van der Waals surface area contributed by atoms with Crippen LogP contribution in [-0.2, 0) is 0 Å². The number of halogens is 1. The van der Waals surface area contributed by atoms with Crippen LogP contribution in [0.2, 0.25) is 13.1 Å². The van der Waals surface area contributed by atoms with Crippen LogP contribution in [0.25, 0.3) is 11.1 Å². The number of nitrogens with one attached hydrogen (secondary N) is 1. The Morgan fingerprint density at radius 3 is 2.26 bits per heavy atom. The Hall–Kier alpha value is -1.84. The number of fused-ring (bicyclic) bond motifs is 2. The van der Waals surface area contributed by atoms with Crippen molar-refractivity contribution < 1.29 is 0 Å². The molecule has 1 nitrogen and oxygen atoms in total. The molecule has 0 saturated carbocycles. The van der Waals surface area contributed by atoms with Crippen LogP contribution in [0.1, 0.15) is 0 Å². The molecule has 1 heterocycles. The lowest BCUT2D eigenvalue weighted by atomic mass is 10.0. The van der Waals surface area contributed by atoms with Gasteiger partial charge in [-0.25, -0.2) is 0 Å². The molecular formula is C20H18BrNSi. The minimum atomic E-state index is -1.75. The summed E-state index contributed by atoms with van der Waals surface area (Å²) in [6, 6.07) is 24.0. The van der Waals surface area contributed by atoms with Crippen molar-refractivity contribution in [1.29, 1.82) is 0 Å². The van der Waals surface area contributed by atoms with Gasteiger partial charge in [-0.15, -0.1) is 0 Å². The van der Waals surface area contributed by atoms with Gasteiger partial charge >= 0.3 is 0 Å². The summed E-state index contributed by atoms with van der Waals surface area (Å²) in [7, 11) is -1.75. The standard InChI is InChI=1S/C20H18BrNSi/c1-23(2)19-9-4-3-7-17(19)22-18-8-5-6-16(20(18)23)14-10-12-15(21)13-11-14/h3-13,22H,1-2H3. The van der Waals surface area contributed by atoms with Gasteiger partial charge in [0.1, 0.15) is 8.07 Å². The summed E-state index contributed by atoms with van der Waals surface area (Å²) in [5, 5.41) is 6.63. The van der Waals surface area contributed by atoms with Gasteiger partial charge in [0.15, 0.2) is 0 Å². The van der Waals surface area contributed by atoms with Crippen molar-refractivity contribution in [2.45, 2.75) is 13.1 Å². The van der Waals surface area contributed by atoms with E-state index in [0.29, 0.717) is 0 Å². The van der Waals surface area contributed by atoms with E-state index in [1.165, 1.54) is 32.9 Å². The van der Waals surface area contributed by atoms with Crippen molar-refractivity contribution in [2.24, 2.45) is 0 Å². The van der Waals surface area contributed by atoms with Gasteiger partial charge in [-0.05, 0) is 45.8 Å². The Balaban J connectivity index is 1.96. The Labute approximate surface area is 146 Å². The van der Waals surface area contributed by atoms with Crippen molar-refractivity contribution in [2.75, 3.05) is 5.32 Å². The zero-order valence-electron chi connectivity index (χ0n) is 13.2. The zero-order valence-corrected chi connectivity index (χ0v) is 15.8. The molecule has 3 heteroatoms. The summed E-state index contributed by atoms with van der Waals surface area (Å²) in [5.74, 6) is 0. The van der Waals surface area contributed by atoms with Crippen LogP contribution in [0.15, 0.2) is 71.2 Å². The predicted octanol–water partition coefficient (Wildman–Crippen LogP) is 5.00. The van der Waals surface area contributed by atoms with Gasteiger partial charge in [0.25, 0.3) is 0 Å². The summed E-state index contributed by atoms with van der Waals surface area (Å²) in [6.45, 7) is 4.90. The van der Waals surface area contributed by atoms with Gasteiger partial charge < -0.3 is 5.32 Å². The molecule has 0 radical (unpaired) electrons. The fourth-order valence-corrected chi connectivity index (χ4v) is 7.20. The van der Waals surface area contributed by atoms with Crippen molar-refractivity contribution in [1.82, 2.24) is 0 Å². The number of hydrogen-bond donors (Lipinski definition) is 1. The lowest BCUT2D eigenvalue weighted by molar-refractivity contribution is 1.52. The van der Waals surface area contributed by atoms with Crippen molar-refractivity contribution in [3.05, 3.63) is 71.2 Å². The maximum atomic E-state index is 3.64. The smallest absolute Gasteiger partial charge is 0.118 e. The third-order valence-corrected chi connectivity index (χ3v) is 8.81. The summed E-state index contributed by atoms with van der Waals surface area (Å²) in [4.78, 5) is 0. The lowest BCUT2D eigenvalue weighted by Gasteiger charge is -2.36. The van der Waals surface area contributed by atoms with Crippen LogP contribution < -0.4 is 15.7 Å². The number of benzene rings is 3. The first-order chi connectivity index (χ1) is 11.1. The molecule has 0 bridgehead atoms. The molecule has 1 N–H and O–H groups in total. The number of para-hydroxylation sites is 1. The van der Waals surface area contributed by atoms with E-state index in [1.54, 1.807) is 0 Å². The van der Waals surface area contributed by atoms with Crippen LogP contribution in [0.4, 0.5) is 11.4 Å². The minimum Gasteiger partial charge on any atom is -0.356 e. The van der Waals surface area contributed by atoms with Gasteiger partial charge in [0, 0.05) is 15.8 Å². The van der Waals surface area contributed by atoms with Crippen LogP contribution in [0.3, 0.4) is 0 Å². The number of anilines is 2. The number of hydrogen-bond acceptors (Lipinski definition) is 1. The zero-order chi connectivity index (χ0) is 16.0. The maximum absolute atomic E-state index is 3.64. The molecule has 3 aromatic rings. The average Bonchev–Trinajstić information content (AvgIpc) is 2.55. The highest BCUT2D eigenvalue weighted by atomic mass is 79.9. The van der Waals surface area contributed by atoms with Gasteiger partial charge in [-0.1, -0.05) is 71.5 Å². The third kappa shape index (κ3) is 2.35. The van der Waals surface area contributed by atoms with Crippen LogP contribution in [0, 0.1) is 0 Å². The van der Waals surface area contributed by atoms with E-state index in [-0.39, 0.29) is 0 Å². The average molecular weight is 380 g/mol. The van der Waals surface area contributed by atoms with Crippen molar-refractivity contribution >= 4 is 45.8 Å². The third-order valence-electron chi connectivity index (χ3n) is 4.71.